The van der Waals surface area contributed by atoms with Crippen LogP contribution in [0.15, 0.2) is 253 Å². The highest BCUT2D eigenvalue weighted by Crippen LogP contribution is 2.69. The molecule has 0 saturated carbocycles. The van der Waals surface area contributed by atoms with E-state index in [2.05, 4.69) is 281 Å². The Balaban J connectivity index is 0.895. The summed E-state index contributed by atoms with van der Waals surface area (Å²) < 4.78 is 6.80. The van der Waals surface area contributed by atoms with Crippen molar-refractivity contribution < 1.29 is 4.42 Å². The van der Waals surface area contributed by atoms with Gasteiger partial charge in [-0.15, -0.1) is 0 Å². The summed E-state index contributed by atoms with van der Waals surface area (Å²) >= 11 is 0. The molecule has 2 spiro atoms. The van der Waals surface area contributed by atoms with Crippen LogP contribution in [0.2, 0.25) is 0 Å². The topological polar surface area (TPSA) is 16.4 Å². The molecule has 0 radical (unpaired) electrons. The van der Waals surface area contributed by atoms with Crippen molar-refractivity contribution in [3.05, 3.63) is 315 Å². The molecule has 0 aliphatic heterocycles. The average molecular weight is 1030 g/mol. The van der Waals surface area contributed by atoms with Crippen LogP contribution in [0.5, 0.6) is 0 Å². The van der Waals surface area contributed by atoms with Gasteiger partial charge in [-0.2, -0.15) is 0 Å². The first-order valence-corrected chi connectivity index (χ1v) is 28.6. The van der Waals surface area contributed by atoms with E-state index in [1.54, 1.807) is 0 Å². The average Bonchev–Trinajstić information content (AvgIpc) is 2.15. The molecule has 1 heterocycles. The number of anilines is 3. The summed E-state index contributed by atoms with van der Waals surface area (Å²) in [5.74, 6) is 0. The van der Waals surface area contributed by atoms with Gasteiger partial charge in [0, 0.05) is 33.2 Å². The molecule has 0 N–H and O–H groups in total. The molecule has 2 heteroatoms. The van der Waals surface area contributed by atoms with Crippen molar-refractivity contribution in [2.75, 3.05) is 4.90 Å². The fourth-order valence-corrected chi connectivity index (χ4v) is 16.4. The molecule has 0 saturated heterocycles. The Morgan fingerprint density at radius 1 is 0.309 bits per heavy atom. The highest BCUT2D eigenvalue weighted by Gasteiger charge is 2.57. The Morgan fingerprint density at radius 3 is 1.43 bits per heavy atom. The fraction of sp³-hybridized carbons (Fsp3) is 0.0886. The van der Waals surface area contributed by atoms with Gasteiger partial charge in [0.25, 0.3) is 0 Å². The number of nitrogens with zero attached hydrogens (tertiary/aromatic N) is 1. The predicted octanol–water partition coefficient (Wildman–Crippen LogP) is 20.3. The van der Waals surface area contributed by atoms with E-state index in [1.165, 1.54) is 139 Å². The maximum atomic E-state index is 6.80. The minimum atomic E-state index is -0.631. The minimum Gasteiger partial charge on any atom is -0.456 e. The van der Waals surface area contributed by atoms with E-state index >= 15 is 0 Å². The smallest absolute Gasteiger partial charge is 0.136 e. The number of benzene rings is 12. The van der Waals surface area contributed by atoms with Crippen molar-refractivity contribution in [2.45, 2.75) is 43.9 Å². The van der Waals surface area contributed by atoms with E-state index in [1.807, 2.05) is 0 Å². The molecule has 380 valence electrons. The Kier molecular flexibility index (Phi) is 8.77. The molecule has 2 nitrogen and oxygen atoms in total. The Hall–Kier alpha value is -9.76. The van der Waals surface area contributed by atoms with Gasteiger partial charge in [-0.3, -0.25) is 0 Å². The number of aryl methyl sites for hydroxylation is 2. The van der Waals surface area contributed by atoms with Crippen LogP contribution in [0, 0.1) is 13.8 Å². The summed E-state index contributed by atoms with van der Waals surface area (Å²) in [4.78, 5) is 2.50. The maximum Gasteiger partial charge on any atom is 0.136 e. The van der Waals surface area contributed by atoms with Crippen molar-refractivity contribution in [3.63, 3.8) is 0 Å². The van der Waals surface area contributed by atoms with Gasteiger partial charge in [0.15, 0.2) is 0 Å². The van der Waals surface area contributed by atoms with Gasteiger partial charge < -0.3 is 9.32 Å². The molecule has 18 rings (SSSR count). The Bertz CT molecular complexity index is 4860. The summed E-state index contributed by atoms with van der Waals surface area (Å²) in [5, 5.41) is 2.33. The third kappa shape index (κ3) is 5.57. The first-order chi connectivity index (χ1) is 39.7. The second kappa shape index (κ2) is 15.7. The summed E-state index contributed by atoms with van der Waals surface area (Å²) in [5.41, 5.74) is 35.1. The lowest BCUT2D eigenvalue weighted by Crippen LogP contribution is -2.27. The lowest BCUT2D eigenvalue weighted by molar-refractivity contribution is 0.660. The highest BCUT2D eigenvalue weighted by molar-refractivity contribution is 6.17. The third-order valence-corrected chi connectivity index (χ3v) is 19.7. The number of fused-ring (bicyclic) bond motifs is 27. The first kappa shape index (κ1) is 45.1. The first-order valence-electron chi connectivity index (χ1n) is 28.6. The van der Waals surface area contributed by atoms with E-state index in [0.29, 0.717) is 0 Å². The van der Waals surface area contributed by atoms with Crippen LogP contribution >= 0.6 is 0 Å². The Morgan fingerprint density at radius 2 is 0.790 bits per heavy atom. The molecule has 81 heavy (non-hydrogen) atoms. The van der Waals surface area contributed by atoms with Gasteiger partial charge in [0.1, 0.15) is 11.2 Å². The molecule has 0 atom stereocenters. The van der Waals surface area contributed by atoms with Crippen LogP contribution in [0.25, 0.3) is 88.7 Å². The quantitative estimate of drug-likeness (QED) is 0.175. The predicted molar refractivity (Wildman–Crippen MR) is 333 cm³/mol. The van der Waals surface area contributed by atoms with E-state index in [4.69, 9.17) is 4.42 Å². The number of furan rings is 1. The van der Waals surface area contributed by atoms with Crippen molar-refractivity contribution in [3.8, 4) is 66.8 Å². The summed E-state index contributed by atoms with van der Waals surface area (Å²) in [6, 6.07) is 94.9. The zero-order valence-corrected chi connectivity index (χ0v) is 45.5. The van der Waals surface area contributed by atoms with E-state index in [0.717, 1.165) is 33.6 Å². The maximum absolute atomic E-state index is 6.80. The van der Waals surface area contributed by atoms with Gasteiger partial charge in [0.2, 0.25) is 0 Å². The van der Waals surface area contributed by atoms with Crippen LogP contribution in [0.4, 0.5) is 17.1 Å². The molecule has 0 amide bonds. The lowest BCUT2D eigenvalue weighted by Gasteiger charge is -2.33. The third-order valence-electron chi connectivity index (χ3n) is 19.7. The van der Waals surface area contributed by atoms with Gasteiger partial charge in [-0.05, 0) is 209 Å². The van der Waals surface area contributed by atoms with Crippen molar-refractivity contribution in [1.29, 1.82) is 0 Å². The van der Waals surface area contributed by atoms with Crippen molar-refractivity contribution >= 4 is 39.0 Å². The van der Waals surface area contributed by atoms with Gasteiger partial charge in [-0.1, -0.05) is 201 Å². The van der Waals surface area contributed by atoms with Gasteiger partial charge >= 0.3 is 0 Å². The molecule has 12 aromatic carbocycles. The minimum absolute atomic E-state index is 0.233. The van der Waals surface area contributed by atoms with Crippen molar-refractivity contribution in [1.82, 2.24) is 0 Å². The van der Waals surface area contributed by atoms with Crippen LogP contribution in [-0.4, -0.2) is 0 Å². The second-order valence-electron chi connectivity index (χ2n) is 23.9. The van der Waals surface area contributed by atoms with Crippen molar-refractivity contribution in [2.24, 2.45) is 0 Å². The van der Waals surface area contributed by atoms with E-state index < -0.39 is 10.8 Å². The lowest BCUT2D eigenvalue weighted by atomic mass is 9.68. The van der Waals surface area contributed by atoms with E-state index in [-0.39, 0.29) is 5.41 Å². The number of para-hydroxylation sites is 2. The van der Waals surface area contributed by atoms with Gasteiger partial charge in [0.05, 0.1) is 10.8 Å². The van der Waals surface area contributed by atoms with Crippen LogP contribution in [-0.2, 0) is 16.2 Å². The molecular weight excluding hydrogens is 979 g/mol. The number of rotatable bonds is 4. The standard InChI is InChI=1S/C79H53NO/c1-46-30-34-52(47(2)40-46)48-31-35-57-58-36-32-50(42-69(58)77(3,4)68(57)41-48)80(49-18-6-5-7-19-49)51-33-37-59-61-44-72-62(45-71(61)79(70(59)43-51)65-27-15-10-22-55(65)56-23-11-16-28-66(56)79)75-67(38-39-74-76(75)60-24-12-17-29-73(60)81-74)78(72)63-25-13-8-20-53(63)54-21-9-14-26-64(54)78/h5-45H,1-4H3. The zero-order valence-electron chi connectivity index (χ0n) is 45.5. The zero-order chi connectivity index (χ0) is 53.7. The largest absolute Gasteiger partial charge is 0.456 e. The number of hydrogen-bond acceptors (Lipinski definition) is 2. The molecule has 0 unspecified atom stereocenters. The summed E-state index contributed by atoms with van der Waals surface area (Å²) in [6.07, 6.45) is 0. The molecule has 0 fully saturated rings. The SMILES string of the molecule is Cc1ccc(-c2ccc3c(c2)C(C)(C)c2cc(N(c4ccccc4)c4ccc5c(c4)C4(c6ccccc6-c6ccccc64)c4cc6c(cc4-5)C4(c5ccccc5-c5ccccc54)c4ccc5oc7ccccc7c5c4-6)ccc2-3)c(C)c1. The molecule has 1 aromatic heterocycles. The summed E-state index contributed by atoms with van der Waals surface area (Å²) in [6.45, 7) is 9.23. The van der Waals surface area contributed by atoms with Crippen LogP contribution in [0.3, 0.4) is 0 Å². The summed E-state index contributed by atoms with van der Waals surface area (Å²) in [7, 11) is 0. The molecule has 13 aromatic rings. The van der Waals surface area contributed by atoms with Gasteiger partial charge in [-0.25, -0.2) is 0 Å². The van der Waals surface area contributed by atoms with Crippen LogP contribution < -0.4 is 4.90 Å². The van der Waals surface area contributed by atoms with Crippen LogP contribution in [0.1, 0.15) is 80.6 Å². The molecule has 5 aliphatic carbocycles. The fourth-order valence-electron chi connectivity index (χ4n) is 16.4. The highest BCUT2D eigenvalue weighted by atomic mass is 16.3. The molecule has 0 bridgehead atoms. The monoisotopic (exact) mass is 1030 g/mol. The number of hydrogen-bond donors (Lipinski definition) is 0. The molecule has 5 aliphatic rings. The molecular formula is C79H53NO. The van der Waals surface area contributed by atoms with E-state index in [9.17, 15) is 0 Å². The second-order valence-corrected chi connectivity index (χ2v) is 23.9. The normalized spacial score (nSPS) is 15.0. The Labute approximate surface area is 471 Å².